The Morgan fingerprint density at radius 1 is 0.800 bits per heavy atom. The monoisotopic (exact) mass is 164 g/mol. The third kappa shape index (κ3) is 5.56. The summed E-state index contributed by atoms with van der Waals surface area (Å²) >= 11 is 0. The van der Waals surface area contributed by atoms with Crippen LogP contribution < -0.4 is 59.1 Å². The van der Waals surface area contributed by atoms with E-state index in [0.29, 0.717) is 0 Å². The van der Waals surface area contributed by atoms with Gasteiger partial charge in [0.25, 0.3) is 0 Å². The summed E-state index contributed by atoms with van der Waals surface area (Å²) in [6.07, 6.45) is 2.83. The molecule has 0 saturated heterocycles. The van der Waals surface area contributed by atoms with Gasteiger partial charge in [0, 0.05) is 0 Å². The van der Waals surface area contributed by atoms with Crippen molar-refractivity contribution in [2.45, 2.75) is 37.9 Å². The zero-order valence-corrected chi connectivity index (χ0v) is 10.9. The van der Waals surface area contributed by atoms with Crippen molar-refractivity contribution in [3.63, 3.8) is 0 Å². The minimum atomic E-state index is -0.140. The van der Waals surface area contributed by atoms with Crippen LogP contribution in [0, 0.1) is 0 Å². The maximum Gasteiger partial charge on any atom is 1.00 e. The zero-order chi connectivity index (χ0) is 5.98. The first kappa shape index (κ1) is 14.4. The van der Waals surface area contributed by atoms with Gasteiger partial charge in [0.15, 0.2) is 0 Å². The van der Waals surface area contributed by atoms with Crippen molar-refractivity contribution in [3.8, 4) is 0 Å². The Balaban J connectivity index is -0.0000000800. The molecule has 0 heterocycles. The molecular formula is C6H14Na2O2. The van der Waals surface area contributed by atoms with E-state index in [1.807, 2.05) is 0 Å². The molecule has 0 atom stereocenters. The fourth-order valence-electron chi connectivity index (χ4n) is 1.06. The second-order valence-electron chi connectivity index (χ2n) is 2.46. The molecule has 0 aromatic carbocycles. The van der Waals surface area contributed by atoms with E-state index in [-0.39, 0.29) is 74.2 Å². The summed E-state index contributed by atoms with van der Waals surface area (Å²) in [7, 11) is 0. The van der Waals surface area contributed by atoms with E-state index < -0.39 is 0 Å². The molecule has 0 bridgehead atoms. The smallest absolute Gasteiger partial charge is 1.00 e. The SMILES string of the molecule is OC1CCC(O)CC1.[H-].[H-].[Na+].[Na+]. The van der Waals surface area contributed by atoms with Gasteiger partial charge in [-0.15, -0.1) is 0 Å². The van der Waals surface area contributed by atoms with Crippen molar-refractivity contribution in [1.82, 2.24) is 0 Å². The van der Waals surface area contributed by atoms with E-state index in [2.05, 4.69) is 0 Å². The number of rotatable bonds is 0. The van der Waals surface area contributed by atoms with Crippen LogP contribution in [0.3, 0.4) is 0 Å². The van der Waals surface area contributed by atoms with E-state index in [9.17, 15) is 0 Å². The molecule has 2 N–H and O–H groups in total. The van der Waals surface area contributed by atoms with Crippen LogP contribution in [0.15, 0.2) is 0 Å². The molecule has 1 rings (SSSR count). The summed E-state index contributed by atoms with van der Waals surface area (Å²) in [5.41, 5.74) is 0. The molecule has 0 unspecified atom stereocenters. The van der Waals surface area contributed by atoms with E-state index in [0.717, 1.165) is 25.7 Å². The van der Waals surface area contributed by atoms with Crippen LogP contribution >= 0.6 is 0 Å². The standard InChI is InChI=1S/C6H12O2.2Na.2H/c7-5-1-2-6(8)4-3-5;;;;/h5-8H,1-4H2;;;;/q;2*+1;2*-1. The molecular weight excluding hydrogens is 150 g/mol. The summed E-state index contributed by atoms with van der Waals surface area (Å²) in [4.78, 5) is 0. The van der Waals surface area contributed by atoms with Gasteiger partial charge in [-0.05, 0) is 25.7 Å². The molecule has 2 nitrogen and oxygen atoms in total. The normalized spacial score (nSPS) is 31.8. The predicted molar refractivity (Wildman–Crippen MR) is 32.7 cm³/mol. The molecule has 52 valence electrons. The maximum atomic E-state index is 8.92. The molecule has 0 aromatic rings. The molecule has 0 amide bonds. The first-order valence-electron chi connectivity index (χ1n) is 3.15. The minimum absolute atomic E-state index is 0. The average molecular weight is 164 g/mol. The Hall–Kier alpha value is 1.92. The third-order valence-electron chi connectivity index (χ3n) is 1.67. The van der Waals surface area contributed by atoms with Crippen molar-refractivity contribution in [1.29, 1.82) is 0 Å². The Kier molecular flexibility index (Phi) is 10.9. The van der Waals surface area contributed by atoms with Crippen LogP contribution in [0.4, 0.5) is 0 Å². The Bertz CT molecular complexity index is 69.9. The topological polar surface area (TPSA) is 40.5 Å². The number of aliphatic hydroxyl groups excluding tert-OH is 2. The summed E-state index contributed by atoms with van der Waals surface area (Å²) in [6.45, 7) is 0. The van der Waals surface area contributed by atoms with E-state index in [1.165, 1.54) is 0 Å². The van der Waals surface area contributed by atoms with E-state index in [4.69, 9.17) is 10.2 Å². The molecule has 1 fully saturated rings. The predicted octanol–water partition coefficient (Wildman–Crippen LogP) is -5.48. The van der Waals surface area contributed by atoms with Gasteiger partial charge in [-0.3, -0.25) is 0 Å². The van der Waals surface area contributed by atoms with Crippen LogP contribution in [0.25, 0.3) is 0 Å². The largest absolute Gasteiger partial charge is 1.00 e. The summed E-state index contributed by atoms with van der Waals surface area (Å²) < 4.78 is 0. The second-order valence-corrected chi connectivity index (χ2v) is 2.46. The second kappa shape index (κ2) is 7.56. The number of hydrogen-bond donors (Lipinski definition) is 2. The first-order valence-corrected chi connectivity index (χ1v) is 3.15. The third-order valence-corrected chi connectivity index (χ3v) is 1.67. The van der Waals surface area contributed by atoms with Crippen LogP contribution in [0.5, 0.6) is 0 Å². The van der Waals surface area contributed by atoms with Crippen molar-refractivity contribution in [2.75, 3.05) is 0 Å². The Morgan fingerprint density at radius 2 is 1.00 bits per heavy atom. The molecule has 4 heteroatoms. The molecule has 0 aliphatic heterocycles. The number of hydrogen-bond acceptors (Lipinski definition) is 2. The average Bonchev–Trinajstić information content (AvgIpc) is 1.77. The fourth-order valence-corrected chi connectivity index (χ4v) is 1.06. The van der Waals surface area contributed by atoms with Gasteiger partial charge in [0.2, 0.25) is 0 Å². The molecule has 10 heavy (non-hydrogen) atoms. The van der Waals surface area contributed by atoms with Gasteiger partial charge < -0.3 is 13.1 Å². The quantitative estimate of drug-likeness (QED) is 0.351. The summed E-state index contributed by atoms with van der Waals surface area (Å²) in [5, 5.41) is 17.8. The minimum Gasteiger partial charge on any atom is -1.00 e. The van der Waals surface area contributed by atoms with E-state index in [1.54, 1.807) is 0 Å². The first-order chi connectivity index (χ1) is 3.79. The molecule has 0 aromatic heterocycles. The van der Waals surface area contributed by atoms with Crippen molar-refractivity contribution < 1.29 is 72.2 Å². The zero-order valence-electron chi connectivity index (χ0n) is 8.88. The molecule has 0 spiro atoms. The maximum absolute atomic E-state index is 8.92. The summed E-state index contributed by atoms with van der Waals surface area (Å²) in [6, 6.07) is 0. The molecule has 0 radical (unpaired) electrons. The fraction of sp³-hybridized carbons (Fsp3) is 1.00. The van der Waals surface area contributed by atoms with Gasteiger partial charge in [-0.1, -0.05) is 0 Å². The van der Waals surface area contributed by atoms with Gasteiger partial charge >= 0.3 is 59.1 Å². The van der Waals surface area contributed by atoms with Gasteiger partial charge in [-0.2, -0.15) is 0 Å². The van der Waals surface area contributed by atoms with Crippen molar-refractivity contribution in [3.05, 3.63) is 0 Å². The van der Waals surface area contributed by atoms with Crippen LogP contribution in [-0.4, -0.2) is 22.4 Å². The molecule has 1 aliphatic carbocycles. The van der Waals surface area contributed by atoms with Gasteiger partial charge in [0.1, 0.15) is 0 Å². The Labute approximate surface area is 109 Å². The van der Waals surface area contributed by atoms with Crippen LogP contribution in [-0.2, 0) is 0 Å². The number of aliphatic hydroxyl groups is 2. The Morgan fingerprint density at radius 3 is 1.20 bits per heavy atom. The van der Waals surface area contributed by atoms with Crippen molar-refractivity contribution in [2.24, 2.45) is 0 Å². The summed E-state index contributed by atoms with van der Waals surface area (Å²) in [5.74, 6) is 0. The van der Waals surface area contributed by atoms with Gasteiger partial charge in [-0.25, -0.2) is 0 Å². The molecule has 1 saturated carbocycles. The van der Waals surface area contributed by atoms with Crippen LogP contribution in [0.2, 0.25) is 0 Å². The van der Waals surface area contributed by atoms with E-state index >= 15 is 0 Å². The molecule has 1 aliphatic rings. The van der Waals surface area contributed by atoms with Gasteiger partial charge in [0.05, 0.1) is 12.2 Å². The van der Waals surface area contributed by atoms with Crippen LogP contribution in [0.1, 0.15) is 28.5 Å². The van der Waals surface area contributed by atoms with Crippen molar-refractivity contribution >= 4 is 0 Å².